The predicted octanol–water partition coefficient (Wildman–Crippen LogP) is 5.51. The Morgan fingerprint density at radius 1 is 0.962 bits per heavy atom. The molecule has 0 aliphatic carbocycles. The monoisotopic (exact) mass is 358 g/mol. The van der Waals surface area contributed by atoms with Crippen molar-refractivity contribution in [3.63, 3.8) is 0 Å². The van der Waals surface area contributed by atoms with Crippen molar-refractivity contribution in [2.75, 3.05) is 4.90 Å². The van der Waals surface area contributed by atoms with Crippen molar-refractivity contribution >= 4 is 38.8 Å². The summed E-state index contributed by atoms with van der Waals surface area (Å²) in [5.41, 5.74) is 2.76. The van der Waals surface area contributed by atoms with E-state index in [4.69, 9.17) is 0 Å². The van der Waals surface area contributed by atoms with E-state index in [1.54, 1.807) is 4.90 Å². The predicted molar refractivity (Wildman–Crippen MR) is 108 cm³/mol. The van der Waals surface area contributed by atoms with Crippen LogP contribution in [0.15, 0.2) is 78.2 Å². The minimum Gasteiger partial charge on any atom is -0.274 e. The van der Waals surface area contributed by atoms with Gasteiger partial charge in [0, 0.05) is 5.38 Å². The zero-order valence-electron chi connectivity index (χ0n) is 14.4. The first-order valence-corrected chi connectivity index (χ1v) is 9.36. The maximum absolute atomic E-state index is 13.2. The molecule has 0 saturated carbocycles. The van der Waals surface area contributed by atoms with Crippen molar-refractivity contribution in [3.05, 3.63) is 89.4 Å². The molecule has 0 radical (unpaired) electrons. The van der Waals surface area contributed by atoms with Gasteiger partial charge >= 0.3 is 0 Å². The van der Waals surface area contributed by atoms with Crippen LogP contribution in [0.25, 0.3) is 10.8 Å². The van der Waals surface area contributed by atoms with Gasteiger partial charge in [-0.05, 0) is 35.4 Å². The average Bonchev–Trinajstić information content (AvgIpc) is 3.08. The number of anilines is 2. The first kappa shape index (κ1) is 16.5. The van der Waals surface area contributed by atoms with Gasteiger partial charge in [-0.3, -0.25) is 9.69 Å². The number of rotatable bonds is 4. The van der Waals surface area contributed by atoms with Gasteiger partial charge in [0.1, 0.15) is 0 Å². The molecule has 0 spiro atoms. The van der Waals surface area contributed by atoms with Crippen molar-refractivity contribution < 1.29 is 4.79 Å². The number of para-hydroxylation sites is 1. The zero-order valence-corrected chi connectivity index (χ0v) is 15.2. The first-order chi connectivity index (χ1) is 12.7. The lowest BCUT2D eigenvalue weighted by Crippen LogP contribution is -2.27. The molecule has 0 aliphatic rings. The second kappa shape index (κ2) is 7.10. The van der Waals surface area contributed by atoms with Gasteiger partial charge in [0.05, 0.1) is 17.8 Å². The maximum Gasteiger partial charge on any atom is 0.237 e. The van der Waals surface area contributed by atoms with Crippen molar-refractivity contribution in [2.45, 2.75) is 13.3 Å². The Bertz CT molecular complexity index is 1060. The van der Waals surface area contributed by atoms with Crippen LogP contribution in [0.2, 0.25) is 0 Å². The number of nitrogens with zero attached hydrogens (tertiary/aromatic N) is 2. The summed E-state index contributed by atoms with van der Waals surface area (Å²) < 4.78 is 0. The quantitative estimate of drug-likeness (QED) is 0.482. The molecule has 1 aromatic heterocycles. The SMILES string of the molecule is Cc1csc(N(C(=O)Cc2ccc3ccccc3c2)c2ccccc2)n1. The summed E-state index contributed by atoms with van der Waals surface area (Å²) in [6, 6.07) is 24.1. The van der Waals surface area contributed by atoms with E-state index in [0.29, 0.717) is 11.6 Å². The molecule has 4 heteroatoms. The Labute approximate surface area is 156 Å². The standard InChI is InChI=1S/C22H18N2OS/c1-16-15-26-22(23-16)24(20-9-3-2-4-10-20)21(25)14-17-11-12-18-7-5-6-8-19(18)13-17/h2-13,15H,14H2,1H3. The summed E-state index contributed by atoms with van der Waals surface area (Å²) in [5, 5.41) is 5.00. The highest BCUT2D eigenvalue weighted by Crippen LogP contribution is 2.29. The van der Waals surface area contributed by atoms with Crippen LogP contribution >= 0.6 is 11.3 Å². The fourth-order valence-electron chi connectivity index (χ4n) is 2.98. The van der Waals surface area contributed by atoms with Crippen LogP contribution in [0.3, 0.4) is 0 Å². The summed E-state index contributed by atoms with van der Waals surface area (Å²) in [4.78, 5) is 19.4. The minimum absolute atomic E-state index is 0.0147. The fraction of sp³-hybridized carbons (Fsp3) is 0.0909. The molecule has 1 heterocycles. The molecule has 0 saturated heterocycles. The molecular weight excluding hydrogens is 340 g/mol. The molecule has 4 rings (SSSR count). The summed E-state index contributed by atoms with van der Waals surface area (Å²) in [6.07, 6.45) is 0.332. The van der Waals surface area contributed by atoms with Crippen LogP contribution in [0.4, 0.5) is 10.8 Å². The third-order valence-electron chi connectivity index (χ3n) is 4.23. The Kier molecular flexibility index (Phi) is 4.50. The Balaban J connectivity index is 1.67. The number of hydrogen-bond acceptors (Lipinski definition) is 3. The second-order valence-corrected chi connectivity index (χ2v) is 7.03. The number of carbonyl (C=O) groups excluding carboxylic acids is 1. The maximum atomic E-state index is 13.2. The van der Waals surface area contributed by atoms with Crippen molar-refractivity contribution in [1.82, 2.24) is 4.98 Å². The van der Waals surface area contributed by atoms with E-state index in [2.05, 4.69) is 29.2 Å². The van der Waals surface area contributed by atoms with Gasteiger partial charge in [-0.1, -0.05) is 60.7 Å². The Hall–Kier alpha value is -2.98. The number of thiazole rings is 1. The molecule has 0 atom stereocenters. The topological polar surface area (TPSA) is 33.2 Å². The molecule has 0 N–H and O–H groups in total. The number of amides is 1. The summed E-state index contributed by atoms with van der Waals surface area (Å²) in [6.45, 7) is 1.94. The number of hydrogen-bond donors (Lipinski definition) is 0. The Morgan fingerprint density at radius 2 is 1.69 bits per heavy atom. The number of benzene rings is 3. The van der Waals surface area contributed by atoms with Gasteiger partial charge < -0.3 is 0 Å². The number of aryl methyl sites for hydroxylation is 1. The van der Waals surface area contributed by atoms with Crippen LogP contribution in [-0.2, 0) is 11.2 Å². The number of aromatic nitrogens is 1. The lowest BCUT2D eigenvalue weighted by atomic mass is 10.0. The normalized spacial score (nSPS) is 10.8. The second-order valence-electron chi connectivity index (χ2n) is 6.19. The smallest absolute Gasteiger partial charge is 0.237 e. The van der Waals surface area contributed by atoms with Gasteiger partial charge in [0.2, 0.25) is 5.91 Å². The van der Waals surface area contributed by atoms with E-state index in [-0.39, 0.29) is 5.91 Å². The van der Waals surface area contributed by atoms with E-state index in [1.165, 1.54) is 16.7 Å². The van der Waals surface area contributed by atoms with Crippen molar-refractivity contribution in [1.29, 1.82) is 0 Å². The lowest BCUT2D eigenvalue weighted by molar-refractivity contribution is -0.117. The van der Waals surface area contributed by atoms with Crippen LogP contribution in [-0.4, -0.2) is 10.9 Å². The van der Waals surface area contributed by atoms with Crippen LogP contribution < -0.4 is 4.90 Å². The molecule has 26 heavy (non-hydrogen) atoms. The summed E-state index contributed by atoms with van der Waals surface area (Å²) in [5.74, 6) is 0.0147. The molecule has 128 valence electrons. The molecular formula is C22H18N2OS. The van der Waals surface area contributed by atoms with Crippen molar-refractivity contribution in [3.8, 4) is 0 Å². The first-order valence-electron chi connectivity index (χ1n) is 8.48. The molecule has 0 bridgehead atoms. The zero-order chi connectivity index (χ0) is 17.9. The summed E-state index contributed by atoms with van der Waals surface area (Å²) in [7, 11) is 0. The highest BCUT2D eigenvalue weighted by molar-refractivity contribution is 7.14. The van der Waals surface area contributed by atoms with Crippen molar-refractivity contribution in [2.24, 2.45) is 0 Å². The highest BCUT2D eigenvalue weighted by Gasteiger charge is 2.21. The fourth-order valence-corrected chi connectivity index (χ4v) is 3.82. The van der Waals surface area contributed by atoms with E-state index < -0.39 is 0 Å². The van der Waals surface area contributed by atoms with Crippen LogP contribution in [0.5, 0.6) is 0 Å². The highest BCUT2D eigenvalue weighted by atomic mass is 32.1. The van der Waals surface area contributed by atoms with Crippen LogP contribution in [0.1, 0.15) is 11.3 Å². The minimum atomic E-state index is 0.0147. The van der Waals surface area contributed by atoms with E-state index in [0.717, 1.165) is 22.3 Å². The third kappa shape index (κ3) is 3.37. The third-order valence-corrected chi connectivity index (χ3v) is 5.17. The molecule has 4 aromatic rings. The average molecular weight is 358 g/mol. The molecule has 1 amide bonds. The van der Waals surface area contributed by atoms with Gasteiger partial charge in [0.15, 0.2) is 5.13 Å². The summed E-state index contributed by atoms with van der Waals surface area (Å²) >= 11 is 1.49. The van der Waals surface area contributed by atoms with Crippen LogP contribution in [0, 0.1) is 6.92 Å². The molecule has 3 nitrogen and oxygen atoms in total. The van der Waals surface area contributed by atoms with E-state index >= 15 is 0 Å². The molecule has 0 unspecified atom stereocenters. The number of carbonyl (C=O) groups is 1. The van der Waals surface area contributed by atoms with Gasteiger partial charge in [0.25, 0.3) is 0 Å². The van der Waals surface area contributed by atoms with Gasteiger partial charge in [-0.25, -0.2) is 4.98 Å². The van der Waals surface area contributed by atoms with Gasteiger partial charge in [-0.2, -0.15) is 0 Å². The van der Waals surface area contributed by atoms with Gasteiger partial charge in [-0.15, -0.1) is 11.3 Å². The number of fused-ring (bicyclic) bond motifs is 1. The van der Waals surface area contributed by atoms with E-state index in [9.17, 15) is 4.79 Å². The lowest BCUT2D eigenvalue weighted by Gasteiger charge is -2.20. The largest absolute Gasteiger partial charge is 0.274 e. The molecule has 0 aliphatic heterocycles. The van der Waals surface area contributed by atoms with E-state index in [1.807, 2.05) is 60.8 Å². The molecule has 0 fully saturated rings. The molecule has 3 aromatic carbocycles. The Morgan fingerprint density at radius 3 is 2.42 bits per heavy atom.